The standard InChI is InChI=1S/C16H21ClIN3/c1-2-20(13-4-5-13)9-10-21-15-6-3-12(18)11-14(15)19-16(21)7-8-17/h3,6,11,13H,2,4-5,7-10H2,1H3. The molecule has 0 bridgehead atoms. The van der Waals surface area contributed by atoms with Gasteiger partial charge in [-0.15, -0.1) is 11.6 Å². The smallest absolute Gasteiger partial charge is 0.111 e. The number of aromatic nitrogens is 2. The fourth-order valence-electron chi connectivity index (χ4n) is 2.94. The Labute approximate surface area is 144 Å². The number of halogens is 2. The molecule has 3 nitrogen and oxygen atoms in total. The van der Waals surface area contributed by atoms with Crippen LogP contribution in [0.2, 0.25) is 0 Å². The Morgan fingerprint density at radius 3 is 2.90 bits per heavy atom. The largest absolute Gasteiger partial charge is 0.327 e. The summed E-state index contributed by atoms with van der Waals surface area (Å²) in [6, 6.07) is 7.32. The lowest BCUT2D eigenvalue weighted by molar-refractivity contribution is 0.266. The molecule has 0 amide bonds. The number of nitrogens with zero attached hydrogens (tertiary/aromatic N) is 3. The van der Waals surface area contributed by atoms with Crippen LogP contribution in [0.1, 0.15) is 25.6 Å². The Balaban J connectivity index is 1.85. The normalized spacial score (nSPS) is 15.2. The van der Waals surface area contributed by atoms with Gasteiger partial charge >= 0.3 is 0 Å². The number of rotatable bonds is 7. The number of benzene rings is 1. The minimum absolute atomic E-state index is 0.626. The number of hydrogen-bond acceptors (Lipinski definition) is 2. The van der Waals surface area contributed by atoms with Gasteiger partial charge in [0.1, 0.15) is 5.82 Å². The van der Waals surface area contributed by atoms with E-state index < -0.39 is 0 Å². The quantitative estimate of drug-likeness (QED) is 0.503. The van der Waals surface area contributed by atoms with E-state index in [9.17, 15) is 0 Å². The molecule has 1 aromatic heterocycles. The van der Waals surface area contributed by atoms with Crippen LogP contribution in [0.3, 0.4) is 0 Å². The van der Waals surface area contributed by atoms with Crippen molar-refractivity contribution >= 4 is 45.2 Å². The van der Waals surface area contributed by atoms with Crippen molar-refractivity contribution in [2.24, 2.45) is 0 Å². The lowest BCUT2D eigenvalue weighted by Gasteiger charge is -2.20. The first-order valence-corrected chi connectivity index (χ1v) is 9.29. The van der Waals surface area contributed by atoms with E-state index in [4.69, 9.17) is 16.6 Å². The topological polar surface area (TPSA) is 21.1 Å². The summed E-state index contributed by atoms with van der Waals surface area (Å²) in [6.07, 6.45) is 3.57. The zero-order valence-electron chi connectivity index (χ0n) is 12.4. The molecule has 1 aliphatic carbocycles. The molecule has 1 fully saturated rings. The molecule has 0 N–H and O–H groups in total. The van der Waals surface area contributed by atoms with Gasteiger partial charge in [-0.25, -0.2) is 4.98 Å². The molecule has 0 unspecified atom stereocenters. The number of imidazole rings is 1. The van der Waals surface area contributed by atoms with Gasteiger partial charge in [0.25, 0.3) is 0 Å². The van der Waals surface area contributed by atoms with Gasteiger partial charge in [0, 0.05) is 35.0 Å². The van der Waals surface area contributed by atoms with Gasteiger partial charge in [0.15, 0.2) is 0 Å². The van der Waals surface area contributed by atoms with Crippen LogP contribution in [0.25, 0.3) is 11.0 Å². The van der Waals surface area contributed by atoms with Gasteiger partial charge in [0.05, 0.1) is 11.0 Å². The predicted molar refractivity (Wildman–Crippen MR) is 97.1 cm³/mol. The summed E-state index contributed by atoms with van der Waals surface area (Å²) in [4.78, 5) is 7.37. The first-order valence-electron chi connectivity index (χ1n) is 7.67. The molecule has 21 heavy (non-hydrogen) atoms. The molecule has 0 spiro atoms. The highest BCUT2D eigenvalue weighted by Crippen LogP contribution is 2.27. The second-order valence-corrected chi connectivity index (χ2v) is 7.24. The van der Waals surface area contributed by atoms with E-state index in [0.717, 1.165) is 43.4 Å². The molecule has 0 atom stereocenters. The van der Waals surface area contributed by atoms with Gasteiger partial charge in [0.2, 0.25) is 0 Å². The summed E-state index contributed by atoms with van der Waals surface area (Å²) < 4.78 is 3.59. The molecule has 0 aliphatic heterocycles. The number of aryl methyl sites for hydroxylation is 1. The van der Waals surface area contributed by atoms with E-state index >= 15 is 0 Å². The third-order valence-electron chi connectivity index (χ3n) is 4.19. The maximum absolute atomic E-state index is 5.95. The van der Waals surface area contributed by atoms with Crippen molar-refractivity contribution in [3.8, 4) is 0 Å². The van der Waals surface area contributed by atoms with Gasteiger partial charge in [-0.05, 0) is 60.2 Å². The average molecular weight is 418 g/mol. The predicted octanol–water partition coefficient (Wildman–Crippen LogP) is 3.91. The van der Waals surface area contributed by atoms with E-state index in [0.29, 0.717) is 5.88 Å². The van der Waals surface area contributed by atoms with Gasteiger partial charge in [-0.3, -0.25) is 4.90 Å². The molecule has 5 heteroatoms. The lowest BCUT2D eigenvalue weighted by Crippen LogP contribution is -2.29. The monoisotopic (exact) mass is 417 g/mol. The van der Waals surface area contributed by atoms with E-state index in [1.165, 1.54) is 21.9 Å². The molecular weight excluding hydrogens is 397 g/mol. The van der Waals surface area contributed by atoms with Crippen LogP contribution in [0.15, 0.2) is 18.2 Å². The number of hydrogen-bond donors (Lipinski definition) is 0. The van der Waals surface area contributed by atoms with Gasteiger partial charge in [-0.2, -0.15) is 0 Å². The van der Waals surface area contributed by atoms with Crippen LogP contribution in [-0.2, 0) is 13.0 Å². The third kappa shape index (κ3) is 3.54. The Morgan fingerprint density at radius 1 is 1.43 bits per heavy atom. The fourth-order valence-corrected chi connectivity index (χ4v) is 3.59. The zero-order valence-corrected chi connectivity index (χ0v) is 15.3. The van der Waals surface area contributed by atoms with Gasteiger partial charge in [-0.1, -0.05) is 6.92 Å². The Kier molecular flexibility index (Phi) is 5.07. The lowest BCUT2D eigenvalue weighted by atomic mass is 10.3. The maximum Gasteiger partial charge on any atom is 0.111 e. The summed E-state index contributed by atoms with van der Waals surface area (Å²) in [6.45, 7) is 5.51. The van der Waals surface area contributed by atoms with E-state index in [-0.39, 0.29) is 0 Å². The highest BCUT2D eigenvalue weighted by atomic mass is 127. The summed E-state index contributed by atoms with van der Waals surface area (Å²) in [7, 11) is 0. The van der Waals surface area contributed by atoms with Crippen molar-refractivity contribution in [2.75, 3.05) is 19.0 Å². The summed E-state index contributed by atoms with van der Waals surface area (Å²) in [5.74, 6) is 1.74. The van der Waals surface area contributed by atoms with Gasteiger partial charge < -0.3 is 4.57 Å². The van der Waals surface area contributed by atoms with Crippen molar-refractivity contribution in [2.45, 2.75) is 38.8 Å². The molecule has 0 radical (unpaired) electrons. The second-order valence-electron chi connectivity index (χ2n) is 5.61. The Morgan fingerprint density at radius 2 is 2.24 bits per heavy atom. The van der Waals surface area contributed by atoms with Crippen LogP contribution >= 0.6 is 34.2 Å². The van der Waals surface area contributed by atoms with Crippen LogP contribution in [0.5, 0.6) is 0 Å². The second kappa shape index (κ2) is 6.84. The van der Waals surface area contributed by atoms with Crippen LogP contribution < -0.4 is 0 Å². The fraction of sp³-hybridized carbons (Fsp3) is 0.562. The van der Waals surface area contributed by atoms with E-state index in [2.05, 4.69) is 57.2 Å². The van der Waals surface area contributed by atoms with Crippen molar-refractivity contribution < 1.29 is 0 Å². The summed E-state index contributed by atoms with van der Waals surface area (Å²) in [5, 5.41) is 0. The maximum atomic E-state index is 5.95. The van der Waals surface area contributed by atoms with Crippen molar-refractivity contribution in [1.82, 2.24) is 14.5 Å². The molecule has 1 aliphatic rings. The summed E-state index contributed by atoms with van der Waals surface area (Å²) >= 11 is 8.29. The van der Waals surface area contributed by atoms with Crippen LogP contribution in [-0.4, -0.2) is 39.5 Å². The molecule has 1 aromatic carbocycles. The number of fused-ring (bicyclic) bond motifs is 1. The highest BCUT2D eigenvalue weighted by Gasteiger charge is 2.27. The molecule has 1 saturated carbocycles. The van der Waals surface area contributed by atoms with Crippen molar-refractivity contribution in [3.63, 3.8) is 0 Å². The van der Waals surface area contributed by atoms with Crippen molar-refractivity contribution in [1.29, 1.82) is 0 Å². The average Bonchev–Trinajstić information content (AvgIpc) is 3.24. The molecular formula is C16H21ClIN3. The highest BCUT2D eigenvalue weighted by molar-refractivity contribution is 14.1. The Hall–Kier alpha value is -0.330. The number of alkyl halides is 1. The third-order valence-corrected chi connectivity index (χ3v) is 5.05. The minimum atomic E-state index is 0.626. The molecule has 114 valence electrons. The molecule has 0 saturated heterocycles. The molecule has 1 heterocycles. The summed E-state index contributed by atoms with van der Waals surface area (Å²) in [5.41, 5.74) is 2.33. The minimum Gasteiger partial charge on any atom is -0.327 e. The Bertz CT molecular complexity index is 621. The molecule has 3 rings (SSSR count). The SMILES string of the molecule is CCN(CCn1c(CCCl)nc2cc(I)ccc21)C1CC1. The van der Waals surface area contributed by atoms with E-state index in [1.807, 2.05) is 0 Å². The van der Waals surface area contributed by atoms with E-state index in [1.54, 1.807) is 0 Å². The van der Waals surface area contributed by atoms with Crippen LogP contribution in [0.4, 0.5) is 0 Å². The van der Waals surface area contributed by atoms with Crippen LogP contribution in [0, 0.1) is 3.57 Å². The first-order chi connectivity index (χ1) is 10.2. The number of likely N-dealkylation sites (N-methyl/N-ethyl adjacent to an activating group) is 1. The van der Waals surface area contributed by atoms with Crippen molar-refractivity contribution in [3.05, 3.63) is 27.6 Å². The molecule has 2 aromatic rings. The first kappa shape index (κ1) is 15.6. The zero-order chi connectivity index (χ0) is 14.8.